The molecule has 0 spiro atoms. The van der Waals surface area contributed by atoms with E-state index in [0.29, 0.717) is 0 Å². The normalized spacial score (nSPS) is 11.3. The maximum Gasteiger partial charge on any atom is 0.416 e. The van der Waals surface area contributed by atoms with Gasteiger partial charge in [0.25, 0.3) is 0 Å². The molecule has 156 valence electrons. The summed E-state index contributed by atoms with van der Waals surface area (Å²) < 4.78 is 46.0. The molecule has 4 rings (SSSR count). The third kappa shape index (κ3) is 4.41. The molecule has 0 amide bonds. The smallest absolute Gasteiger partial charge is 0.416 e. The van der Waals surface area contributed by atoms with Gasteiger partial charge in [-0.1, -0.05) is 30.3 Å². The molecule has 2 aromatic heterocycles. The van der Waals surface area contributed by atoms with Crippen molar-refractivity contribution in [3.63, 3.8) is 0 Å². The van der Waals surface area contributed by atoms with Gasteiger partial charge in [0, 0.05) is 11.1 Å². The fourth-order valence-corrected chi connectivity index (χ4v) is 3.89. The highest BCUT2D eigenvalue weighted by molar-refractivity contribution is 7.15. The van der Waals surface area contributed by atoms with Crippen molar-refractivity contribution in [1.29, 1.82) is 5.26 Å². The highest BCUT2D eigenvalue weighted by Gasteiger charge is 2.32. The number of hydrogen-bond acceptors (Lipinski definition) is 6. The zero-order valence-electron chi connectivity index (χ0n) is 16.1. The van der Waals surface area contributed by atoms with Gasteiger partial charge in [-0.05, 0) is 25.1 Å². The number of alkyl halides is 3. The Morgan fingerprint density at radius 3 is 2.58 bits per heavy atom. The van der Waals surface area contributed by atoms with E-state index in [4.69, 9.17) is 10.00 Å². The van der Waals surface area contributed by atoms with Crippen molar-refractivity contribution in [2.75, 3.05) is 0 Å². The number of nitriles is 1. The van der Waals surface area contributed by atoms with Gasteiger partial charge >= 0.3 is 6.18 Å². The van der Waals surface area contributed by atoms with Crippen LogP contribution in [0.2, 0.25) is 0 Å². The summed E-state index contributed by atoms with van der Waals surface area (Å²) in [4.78, 5) is 5.33. The van der Waals surface area contributed by atoms with Gasteiger partial charge in [0.05, 0.1) is 16.1 Å². The van der Waals surface area contributed by atoms with Crippen molar-refractivity contribution < 1.29 is 17.9 Å². The molecule has 0 atom stereocenters. The lowest BCUT2D eigenvalue weighted by atomic mass is 10.1. The van der Waals surface area contributed by atoms with Crippen molar-refractivity contribution in [3.8, 4) is 33.6 Å². The number of thiazole rings is 1. The van der Waals surface area contributed by atoms with Crippen LogP contribution in [-0.4, -0.2) is 20.4 Å². The Labute approximate surface area is 179 Å². The molecule has 0 bridgehead atoms. The molecule has 0 saturated heterocycles. The molecule has 2 heterocycles. The zero-order valence-corrected chi connectivity index (χ0v) is 16.9. The highest BCUT2D eigenvalue weighted by Crippen LogP contribution is 2.36. The molecular weight excluding hydrogens is 427 g/mol. The number of benzene rings is 2. The first-order chi connectivity index (χ1) is 14.8. The number of hydrogen-bond donors (Lipinski definition) is 1. The quantitative estimate of drug-likeness (QED) is 0.450. The average molecular weight is 441 g/mol. The number of nitrogens with one attached hydrogen (secondary N) is 1. The molecule has 0 saturated carbocycles. The molecule has 10 heteroatoms. The first-order valence-electron chi connectivity index (χ1n) is 9.03. The number of rotatable bonds is 5. The SMILES string of the molecule is Cc1nc(-c2ccccc2)sc1COc1cc(-c2n[nH]nc2C#N)cc(C(F)(F)F)c1. The number of aryl methyl sites for hydroxylation is 1. The maximum absolute atomic E-state index is 13.4. The third-order valence-electron chi connectivity index (χ3n) is 4.44. The van der Waals surface area contributed by atoms with Gasteiger partial charge in [-0.15, -0.1) is 16.4 Å². The van der Waals surface area contributed by atoms with E-state index in [2.05, 4.69) is 20.4 Å². The second-order valence-electron chi connectivity index (χ2n) is 6.56. The van der Waals surface area contributed by atoms with Gasteiger partial charge in [0.1, 0.15) is 29.1 Å². The highest BCUT2D eigenvalue weighted by atomic mass is 32.1. The van der Waals surface area contributed by atoms with Crippen LogP contribution in [0.5, 0.6) is 5.75 Å². The van der Waals surface area contributed by atoms with Gasteiger partial charge in [0.15, 0.2) is 5.69 Å². The summed E-state index contributed by atoms with van der Waals surface area (Å²) in [5.74, 6) is 0.00535. The predicted octanol–water partition coefficient (Wildman–Crippen LogP) is 5.37. The van der Waals surface area contributed by atoms with Gasteiger partial charge in [-0.25, -0.2) is 4.98 Å². The Hall–Kier alpha value is -3.71. The lowest BCUT2D eigenvalue weighted by Crippen LogP contribution is -2.06. The number of ether oxygens (including phenoxy) is 1. The van der Waals surface area contributed by atoms with Crippen LogP contribution in [-0.2, 0) is 12.8 Å². The Bertz CT molecular complexity index is 1260. The first kappa shape index (κ1) is 20.6. The minimum Gasteiger partial charge on any atom is -0.488 e. The summed E-state index contributed by atoms with van der Waals surface area (Å²) in [6.07, 6.45) is -4.59. The molecule has 4 aromatic rings. The number of nitrogens with zero attached hydrogens (tertiary/aromatic N) is 4. The van der Waals surface area contributed by atoms with Gasteiger partial charge in [-0.3, -0.25) is 0 Å². The van der Waals surface area contributed by atoms with Gasteiger partial charge < -0.3 is 4.74 Å². The fraction of sp³-hybridized carbons (Fsp3) is 0.143. The van der Waals surface area contributed by atoms with E-state index in [1.807, 2.05) is 37.3 Å². The fourth-order valence-electron chi connectivity index (χ4n) is 2.91. The molecule has 0 aliphatic rings. The first-order valence-corrected chi connectivity index (χ1v) is 9.85. The summed E-state index contributed by atoms with van der Waals surface area (Å²) >= 11 is 1.42. The summed E-state index contributed by atoms with van der Waals surface area (Å²) in [5.41, 5.74) is 0.812. The van der Waals surface area contributed by atoms with Crippen molar-refractivity contribution >= 4 is 11.3 Å². The summed E-state index contributed by atoms with van der Waals surface area (Å²) in [5, 5.41) is 19.6. The number of aromatic nitrogens is 4. The average Bonchev–Trinajstić information content (AvgIpc) is 3.38. The molecule has 0 fully saturated rings. The van der Waals surface area contributed by atoms with Crippen molar-refractivity contribution in [1.82, 2.24) is 20.4 Å². The summed E-state index contributed by atoms with van der Waals surface area (Å²) in [6.45, 7) is 1.88. The second kappa shape index (κ2) is 8.20. The minimum atomic E-state index is -4.59. The molecule has 0 aliphatic carbocycles. The molecule has 2 aromatic carbocycles. The zero-order chi connectivity index (χ0) is 22.0. The molecule has 31 heavy (non-hydrogen) atoms. The number of halogens is 3. The largest absolute Gasteiger partial charge is 0.488 e. The van der Waals surface area contributed by atoms with E-state index >= 15 is 0 Å². The van der Waals surface area contributed by atoms with E-state index in [0.717, 1.165) is 33.3 Å². The van der Waals surface area contributed by atoms with Crippen molar-refractivity contribution in [2.24, 2.45) is 0 Å². The lowest BCUT2D eigenvalue weighted by Gasteiger charge is -2.12. The standard InChI is InChI=1S/C21H14F3N5OS/c1-12-18(31-20(26-12)13-5-3-2-4-6-13)11-30-16-8-14(7-15(9-16)21(22,23)24)19-17(10-25)27-29-28-19/h2-9H,11H2,1H3,(H,27,28,29). The Morgan fingerprint density at radius 2 is 1.87 bits per heavy atom. The van der Waals surface area contributed by atoms with Gasteiger partial charge in [-0.2, -0.15) is 28.7 Å². The molecule has 0 unspecified atom stereocenters. The van der Waals surface area contributed by atoms with Crippen LogP contribution in [0.1, 0.15) is 21.8 Å². The van der Waals surface area contributed by atoms with E-state index in [1.54, 1.807) is 6.07 Å². The molecule has 6 nitrogen and oxygen atoms in total. The molecule has 1 N–H and O–H groups in total. The van der Waals surface area contributed by atoms with Crippen LogP contribution in [0.15, 0.2) is 48.5 Å². The minimum absolute atomic E-state index is 0.00535. The van der Waals surface area contributed by atoms with Crippen molar-refractivity contribution in [3.05, 3.63) is 70.4 Å². The van der Waals surface area contributed by atoms with Gasteiger partial charge in [0.2, 0.25) is 0 Å². The van der Waals surface area contributed by atoms with Crippen LogP contribution < -0.4 is 4.74 Å². The summed E-state index contributed by atoms with van der Waals surface area (Å²) in [7, 11) is 0. The second-order valence-corrected chi connectivity index (χ2v) is 7.64. The molecule has 0 radical (unpaired) electrons. The monoisotopic (exact) mass is 441 g/mol. The molecule has 0 aliphatic heterocycles. The van der Waals surface area contributed by atoms with E-state index in [-0.39, 0.29) is 29.3 Å². The van der Waals surface area contributed by atoms with Crippen molar-refractivity contribution in [2.45, 2.75) is 19.7 Å². The predicted molar refractivity (Wildman–Crippen MR) is 108 cm³/mol. The lowest BCUT2D eigenvalue weighted by molar-refractivity contribution is -0.137. The van der Waals surface area contributed by atoms with Crippen LogP contribution in [0.4, 0.5) is 13.2 Å². The Morgan fingerprint density at radius 1 is 1.10 bits per heavy atom. The summed E-state index contributed by atoms with van der Waals surface area (Å²) in [6, 6.07) is 14.6. The number of aromatic amines is 1. The van der Waals surface area contributed by atoms with Crippen LogP contribution in [0.3, 0.4) is 0 Å². The number of H-pyrrole nitrogens is 1. The van der Waals surface area contributed by atoms with Crippen LogP contribution in [0.25, 0.3) is 21.8 Å². The Kier molecular flexibility index (Phi) is 5.44. The van der Waals surface area contributed by atoms with E-state index in [9.17, 15) is 13.2 Å². The topological polar surface area (TPSA) is 87.5 Å². The third-order valence-corrected chi connectivity index (χ3v) is 5.62. The van der Waals surface area contributed by atoms with Crippen LogP contribution in [0, 0.1) is 18.3 Å². The van der Waals surface area contributed by atoms with E-state index in [1.165, 1.54) is 17.4 Å². The van der Waals surface area contributed by atoms with Crippen LogP contribution >= 0.6 is 11.3 Å². The van der Waals surface area contributed by atoms with E-state index < -0.39 is 11.7 Å². The maximum atomic E-state index is 13.4. The Balaban J connectivity index is 1.64. The molecular formula is C21H14F3N5OS.